The highest BCUT2D eigenvalue weighted by Crippen LogP contribution is 2.28. The lowest BCUT2D eigenvalue weighted by Crippen LogP contribution is -2.13. The second-order valence-corrected chi connectivity index (χ2v) is 5.20. The Kier molecular flexibility index (Phi) is 5.65. The maximum Gasteiger partial charge on any atom is 0.341 e. The van der Waals surface area contributed by atoms with Crippen molar-refractivity contribution >= 4 is 29.2 Å². The fourth-order valence-corrected chi connectivity index (χ4v) is 2.23. The van der Waals surface area contributed by atoms with E-state index in [4.69, 9.17) is 25.9 Å². The number of halogens is 1. The van der Waals surface area contributed by atoms with Crippen LogP contribution in [0.4, 0.5) is 5.69 Å². The molecular weight excluding hydrogens is 322 g/mol. The Balaban J connectivity index is 2.08. The molecule has 0 unspecified atom stereocenters. The van der Waals surface area contributed by atoms with Gasteiger partial charge in [0.2, 0.25) is 0 Å². The van der Waals surface area contributed by atoms with E-state index in [0.717, 1.165) is 6.42 Å². The number of hydrogen-bond donors (Lipinski definition) is 2. The number of aryl methyl sites for hydroxylation is 1. The van der Waals surface area contributed by atoms with Crippen LogP contribution in [-0.4, -0.2) is 23.6 Å². The maximum atomic E-state index is 12.3. The van der Waals surface area contributed by atoms with Crippen LogP contribution in [0.25, 0.3) is 0 Å². The van der Waals surface area contributed by atoms with Crippen LogP contribution >= 0.6 is 11.6 Å². The standard InChI is InChI=1S/C16H16ClNO5/c1-2-3-13-11(6-7-22-13)16(21)18-10-4-5-14(12(17)8-10)23-9-15(19)20/h4-8H,2-3,9H2,1H3,(H,18,21)(H,19,20). The Morgan fingerprint density at radius 1 is 1.35 bits per heavy atom. The number of amides is 1. The Morgan fingerprint density at radius 3 is 2.78 bits per heavy atom. The van der Waals surface area contributed by atoms with E-state index in [1.165, 1.54) is 18.4 Å². The SMILES string of the molecule is CCCc1occc1C(=O)Nc1ccc(OCC(=O)O)c(Cl)c1. The zero-order chi connectivity index (χ0) is 16.8. The van der Waals surface area contributed by atoms with Crippen molar-refractivity contribution in [2.24, 2.45) is 0 Å². The molecule has 7 heteroatoms. The van der Waals surface area contributed by atoms with E-state index in [0.29, 0.717) is 23.4 Å². The minimum atomic E-state index is -1.10. The first-order valence-electron chi connectivity index (χ1n) is 7.03. The number of carbonyl (C=O) groups is 2. The van der Waals surface area contributed by atoms with Crippen LogP contribution in [0.5, 0.6) is 5.75 Å². The molecule has 0 aliphatic heterocycles. The second-order valence-electron chi connectivity index (χ2n) is 4.79. The Labute approximate surface area is 138 Å². The highest BCUT2D eigenvalue weighted by atomic mass is 35.5. The van der Waals surface area contributed by atoms with Gasteiger partial charge in [0.15, 0.2) is 6.61 Å². The topological polar surface area (TPSA) is 88.8 Å². The Hall–Kier alpha value is -2.47. The molecule has 0 radical (unpaired) electrons. The fraction of sp³-hybridized carbons (Fsp3) is 0.250. The van der Waals surface area contributed by atoms with E-state index >= 15 is 0 Å². The number of carboxylic acids is 1. The molecule has 0 saturated heterocycles. The number of rotatable bonds is 7. The normalized spacial score (nSPS) is 10.3. The minimum absolute atomic E-state index is 0.213. The van der Waals surface area contributed by atoms with Crippen molar-refractivity contribution in [2.75, 3.05) is 11.9 Å². The van der Waals surface area contributed by atoms with Crippen molar-refractivity contribution in [3.05, 3.63) is 46.9 Å². The van der Waals surface area contributed by atoms with E-state index in [-0.39, 0.29) is 16.7 Å². The van der Waals surface area contributed by atoms with Gasteiger partial charge in [0, 0.05) is 12.1 Å². The number of nitrogens with one attached hydrogen (secondary N) is 1. The molecule has 2 N–H and O–H groups in total. The maximum absolute atomic E-state index is 12.3. The molecule has 0 aliphatic carbocycles. The third-order valence-electron chi connectivity index (χ3n) is 3.01. The summed E-state index contributed by atoms with van der Waals surface area (Å²) in [5, 5.41) is 11.5. The molecule has 1 aromatic heterocycles. The molecule has 0 atom stereocenters. The summed E-state index contributed by atoms with van der Waals surface area (Å²) in [6.07, 6.45) is 3.03. The molecule has 0 spiro atoms. The first kappa shape index (κ1) is 16.9. The molecule has 2 aromatic rings. The average molecular weight is 338 g/mol. The highest BCUT2D eigenvalue weighted by molar-refractivity contribution is 6.32. The molecular formula is C16H16ClNO5. The third kappa shape index (κ3) is 4.50. The summed E-state index contributed by atoms with van der Waals surface area (Å²) >= 11 is 6.01. The molecule has 23 heavy (non-hydrogen) atoms. The predicted molar refractivity (Wildman–Crippen MR) is 85.2 cm³/mol. The Morgan fingerprint density at radius 2 is 2.13 bits per heavy atom. The minimum Gasteiger partial charge on any atom is -0.480 e. The highest BCUT2D eigenvalue weighted by Gasteiger charge is 2.15. The first-order chi connectivity index (χ1) is 11.0. The summed E-state index contributed by atoms with van der Waals surface area (Å²) in [7, 11) is 0. The second kappa shape index (κ2) is 7.69. The van der Waals surface area contributed by atoms with E-state index in [1.54, 1.807) is 12.1 Å². The average Bonchev–Trinajstić information content (AvgIpc) is 2.95. The predicted octanol–water partition coefficient (Wildman–Crippen LogP) is 3.60. The molecule has 0 fully saturated rings. The van der Waals surface area contributed by atoms with Gasteiger partial charge < -0.3 is 19.6 Å². The summed E-state index contributed by atoms with van der Waals surface area (Å²) in [6, 6.07) is 6.20. The summed E-state index contributed by atoms with van der Waals surface area (Å²) in [5.41, 5.74) is 0.959. The van der Waals surface area contributed by atoms with Crippen LogP contribution in [0.1, 0.15) is 29.5 Å². The van der Waals surface area contributed by atoms with Crippen LogP contribution in [0, 0.1) is 0 Å². The van der Waals surface area contributed by atoms with Gasteiger partial charge >= 0.3 is 5.97 Å². The van der Waals surface area contributed by atoms with Gasteiger partial charge in [0.05, 0.1) is 16.8 Å². The van der Waals surface area contributed by atoms with Gasteiger partial charge in [-0.2, -0.15) is 0 Å². The van der Waals surface area contributed by atoms with Crippen LogP contribution in [-0.2, 0) is 11.2 Å². The van der Waals surface area contributed by atoms with E-state index in [1.807, 2.05) is 6.92 Å². The molecule has 1 amide bonds. The lowest BCUT2D eigenvalue weighted by molar-refractivity contribution is -0.139. The zero-order valence-electron chi connectivity index (χ0n) is 12.5. The van der Waals surface area contributed by atoms with Crippen LogP contribution in [0.2, 0.25) is 5.02 Å². The molecule has 0 bridgehead atoms. The van der Waals surface area contributed by atoms with Crippen LogP contribution in [0.15, 0.2) is 34.9 Å². The molecule has 122 valence electrons. The summed E-state index contributed by atoms with van der Waals surface area (Å²) < 4.78 is 10.3. The number of carboxylic acid groups (broad SMARTS) is 1. The monoisotopic (exact) mass is 337 g/mol. The molecule has 0 aliphatic rings. The van der Waals surface area contributed by atoms with Crippen LogP contribution < -0.4 is 10.1 Å². The zero-order valence-corrected chi connectivity index (χ0v) is 13.2. The van der Waals surface area contributed by atoms with Gasteiger partial charge in [-0.3, -0.25) is 4.79 Å². The largest absolute Gasteiger partial charge is 0.480 e. The van der Waals surface area contributed by atoms with Crippen molar-refractivity contribution < 1.29 is 23.8 Å². The summed E-state index contributed by atoms with van der Waals surface area (Å²) in [4.78, 5) is 22.7. The number of furan rings is 1. The third-order valence-corrected chi connectivity index (χ3v) is 3.30. The first-order valence-corrected chi connectivity index (χ1v) is 7.41. The summed E-state index contributed by atoms with van der Waals surface area (Å²) in [5.74, 6) is -0.515. The van der Waals surface area contributed by atoms with Gasteiger partial charge in [-0.1, -0.05) is 18.5 Å². The molecule has 1 aromatic carbocycles. The van der Waals surface area contributed by atoms with Gasteiger partial charge in [-0.15, -0.1) is 0 Å². The van der Waals surface area contributed by atoms with Crippen molar-refractivity contribution in [3.63, 3.8) is 0 Å². The quantitative estimate of drug-likeness (QED) is 0.805. The fourth-order valence-electron chi connectivity index (χ4n) is 2.00. The Bertz CT molecular complexity index is 710. The van der Waals surface area contributed by atoms with E-state index < -0.39 is 12.6 Å². The van der Waals surface area contributed by atoms with Gasteiger partial charge in [0.1, 0.15) is 11.5 Å². The van der Waals surface area contributed by atoms with E-state index in [2.05, 4.69) is 5.32 Å². The molecule has 0 saturated carbocycles. The van der Waals surface area contributed by atoms with Gasteiger partial charge in [0.25, 0.3) is 5.91 Å². The number of aliphatic carboxylic acids is 1. The molecule has 6 nitrogen and oxygen atoms in total. The van der Waals surface area contributed by atoms with Crippen molar-refractivity contribution in [3.8, 4) is 5.75 Å². The van der Waals surface area contributed by atoms with E-state index in [9.17, 15) is 9.59 Å². The van der Waals surface area contributed by atoms with Crippen molar-refractivity contribution in [2.45, 2.75) is 19.8 Å². The van der Waals surface area contributed by atoms with Crippen molar-refractivity contribution in [1.29, 1.82) is 0 Å². The molecule has 1 heterocycles. The number of carbonyl (C=O) groups excluding carboxylic acids is 1. The van der Waals surface area contributed by atoms with Gasteiger partial charge in [-0.25, -0.2) is 4.79 Å². The van der Waals surface area contributed by atoms with Gasteiger partial charge in [-0.05, 0) is 30.7 Å². The smallest absolute Gasteiger partial charge is 0.341 e. The lowest BCUT2D eigenvalue weighted by atomic mass is 10.1. The number of ether oxygens (including phenoxy) is 1. The number of hydrogen-bond acceptors (Lipinski definition) is 4. The lowest BCUT2D eigenvalue weighted by Gasteiger charge is -2.09. The van der Waals surface area contributed by atoms with Crippen LogP contribution in [0.3, 0.4) is 0 Å². The number of benzene rings is 1. The van der Waals surface area contributed by atoms with Crippen molar-refractivity contribution in [1.82, 2.24) is 0 Å². The summed E-state index contributed by atoms with van der Waals surface area (Å²) in [6.45, 7) is 1.51. The molecule has 2 rings (SSSR count). The number of anilines is 1.